The number of aromatic amines is 1. The van der Waals surface area contributed by atoms with E-state index in [-0.39, 0.29) is 20.6 Å². The molecule has 2 aromatic rings. The number of pyridine rings is 1. The Morgan fingerprint density at radius 1 is 1.10 bits per heavy atom. The van der Waals surface area contributed by atoms with Crippen molar-refractivity contribution in [3.05, 3.63) is 55.3 Å². The Kier molecular flexibility index (Phi) is 4.43. The number of nitrogens with one attached hydrogen (secondary N) is 2. The zero-order valence-corrected chi connectivity index (χ0v) is 13.6. The lowest BCUT2D eigenvalue weighted by atomic mass is 10.3. The molecule has 0 unspecified atom stereocenters. The summed E-state index contributed by atoms with van der Waals surface area (Å²) in [6.07, 6.45) is 1.10. The molecule has 0 saturated heterocycles. The van der Waals surface area contributed by atoms with E-state index in [1.54, 1.807) is 6.07 Å². The van der Waals surface area contributed by atoms with Crippen molar-refractivity contribution < 1.29 is 8.42 Å². The molecule has 1 heterocycles. The average molecular weight is 398 g/mol. The van der Waals surface area contributed by atoms with Crippen molar-refractivity contribution in [1.29, 1.82) is 0 Å². The molecule has 0 aliphatic rings. The second-order valence-corrected chi connectivity index (χ2v) is 7.01. The third kappa shape index (κ3) is 3.17. The Labute approximate surface area is 133 Å². The number of benzene rings is 1. The van der Waals surface area contributed by atoms with Crippen LogP contribution in [0.1, 0.15) is 0 Å². The highest BCUT2D eigenvalue weighted by Gasteiger charge is 2.17. The van der Waals surface area contributed by atoms with Gasteiger partial charge in [-0.25, -0.2) is 8.42 Å². The molecule has 0 aliphatic carbocycles. The van der Waals surface area contributed by atoms with Gasteiger partial charge in [-0.2, -0.15) is 0 Å². The fourth-order valence-electron chi connectivity index (χ4n) is 1.37. The lowest BCUT2D eigenvalue weighted by Crippen LogP contribution is -2.15. The van der Waals surface area contributed by atoms with Gasteiger partial charge in [0.25, 0.3) is 10.0 Å². The molecule has 2 rings (SSSR count). The van der Waals surface area contributed by atoms with E-state index in [1.807, 2.05) is 0 Å². The molecule has 0 fully saturated rings. The molecular weight excluding hydrogens is 391 g/mol. The fourth-order valence-corrected chi connectivity index (χ4v) is 3.29. The van der Waals surface area contributed by atoms with Crippen LogP contribution in [-0.4, -0.2) is 13.4 Å². The molecule has 0 amide bonds. The van der Waals surface area contributed by atoms with Gasteiger partial charge in [-0.15, -0.1) is 0 Å². The maximum Gasteiger partial charge on any atom is 0.263 e. The van der Waals surface area contributed by atoms with Crippen LogP contribution in [0, 0.1) is 0 Å². The van der Waals surface area contributed by atoms with Crippen molar-refractivity contribution in [3.8, 4) is 0 Å². The second kappa shape index (κ2) is 5.77. The van der Waals surface area contributed by atoms with Crippen LogP contribution < -0.4 is 10.3 Å². The Balaban J connectivity index is 2.41. The maximum atomic E-state index is 12.1. The smallest absolute Gasteiger partial charge is 0.263 e. The standard InChI is InChI=1S/C11H7BrCl2N2O3S/c12-7-2-3-8(11(14)10(7)13)16-20(18,19)6-1-4-9(17)15-5-6/h1-5,16H,(H,15,17). The number of anilines is 1. The number of hydrogen-bond donors (Lipinski definition) is 2. The number of aromatic nitrogens is 1. The SMILES string of the molecule is O=c1ccc(S(=O)(=O)Nc2ccc(Br)c(Cl)c2Cl)c[nH]1. The summed E-state index contributed by atoms with van der Waals surface area (Å²) in [6.45, 7) is 0. The van der Waals surface area contributed by atoms with Gasteiger partial charge < -0.3 is 4.98 Å². The van der Waals surface area contributed by atoms with Crippen molar-refractivity contribution in [2.24, 2.45) is 0 Å². The third-order valence-electron chi connectivity index (χ3n) is 2.35. The molecule has 106 valence electrons. The second-order valence-electron chi connectivity index (χ2n) is 3.72. The van der Waals surface area contributed by atoms with Crippen LogP contribution >= 0.6 is 39.1 Å². The van der Waals surface area contributed by atoms with Gasteiger partial charge in [-0.1, -0.05) is 23.2 Å². The number of H-pyrrole nitrogens is 1. The topological polar surface area (TPSA) is 79.0 Å². The van der Waals surface area contributed by atoms with E-state index in [1.165, 1.54) is 12.1 Å². The van der Waals surface area contributed by atoms with Crippen molar-refractivity contribution in [2.75, 3.05) is 4.72 Å². The number of halogens is 3. The zero-order valence-electron chi connectivity index (χ0n) is 9.65. The van der Waals surface area contributed by atoms with Crippen LogP contribution in [0.15, 0.2) is 44.6 Å². The maximum absolute atomic E-state index is 12.1. The minimum Gasteiger partial charge on any atom is -0.328 e. The predicted molar refractivity (Wildman–Crippen MR) is 82.0 cm³/mol. The first kappa shape index (κ1) is 15.4. The molecule has 9 heteroatoms. The van der Waals surface area contributed by atoms with E-state index in [4.69, 9.17) is 23.2 Å². The van der Waals surface area contributed by atoms with Crippen LogP contribution in [0.2, 0.25) is 10.0 Å². The van der Waals surface area contributed by atoms with E-state index in [0.717, 1.165) is 12.3 Å². The van der Waals surface area contributed by atoms with Gasteiger partial charge in [-0.05, 0) is 34.1 Å². The molecule has 0 saturated carbocycles. The summed E-state index contributed by atoms with van der Waals surface area (Å²) in [5.74, 6) is 0. The molecule has 1 aromatic carbocycles. The van der Waals surface area contributed by atoms with Gasteiger partial charge >= 0.3 is 0 Å². The molecule has 5 nitrogen and oxygen atoms in total. The minimum absolute atomic E-state index is 0.0778. The van der Waals surface area contributed by atoms with Gasteiger partial charge in [0.15, 0.2) is 0 Å². The summed E-state index contributed by atoms with van der Waals surface area (Å²) in [4.78, 5) is 13.1. The van der Waals surface area contributed by atoms with E-state index < -0.39 is 15.6 Å². The Morgan fingerprint density at radius 3 is 2.40 bits per heavy atom. The monoisotopic (exact) mass is 396 g/mol. The summed E-state index contributed by atoms with van der Waals surface area (Å²) < 4.78 is 27.1. The van der Waals surface area contributed by atoms with E-state index in [9.17, 15) is 13.2 Å². The molecule has 0 atom stereocenters. The number of sulfonamides is 1. The summed E-state index contributed by atoms with van der Waals surface area (Å²) in [5.41, 5.74) is -0.250. The predicted octanol–water partition coefficient (Wildman–Crippen LogP) is 3.25. The van der Waals surface area contributed by atoms with Gasteiger partial charge in [0, 0.05) is 16.7 Å². The highest BCUT2D eigenvalue weighted by atomic mass is 79.9. The Morgan fingerprint density at radius 2 is 1.80 bits per heavy atom. The first-order valence-corrected chi connectivity index (χ1v) is 8.19. The quantitative estimate of drug-likeness (QED) is 0.780. The largest absolute Gasteiger partial charge is 0.328 e. The van der Waals surface area contributed by atoms with Crippen LogP contribution in [0.4, 0.5) is 5.69 Å². The van der Waals surface area contributed by atoms with Crippen LogP contribution in [0.5, 0.6) is 0 Å². The molecule has 0 spiro atoms. The molecule has 0 radical (unpaired) electrons. The molecule has 0 bridgehead atoms. The molecular formula is C11H7BrCl2N2O3S. The summed E-state index contributed by atoms with van der Waals surface area (Å²) >= 11 is 15.1. The van der Waals surface area contributed by atoms with Crippen LogP contribution in [0.25, 0.3) is 0 Å². The zero-order chi connectivity index (χ0) is 14.9. The number of rotatable bonds is 3. The van der Waals surface area contributed by atoms with Gasteiger partial charge in [-0.3, -0.25) is 9.52 Å². The highest BCUT2D eigenvalue weighted by molar-refractivity contribution is 9.10. The van der Waals surface area contributed by atoms with Crippen molar-refractivity contribution in [3.63, 3.8) is 0 Å². The Hall–Kier alpha value is -1.02. The third-order valence-corrected chi connectivity index (χ3v) is 5.48. The number of hydrogen-bond acceptors (Lipinski definition) is 3. The summed E-state index contributed by atoms with van der Waals surface area (Å²) in [6, 6.07) is 5.35. The van der Waals surface area contributed by atoms with E-state index in [0.29, 0.717) is 4.47 Å². The first-order valence-electron chi connectivity index (χ1n) is 5.16. The fraction of sp³-hybridized carbons (Fsp3) is 0. The van der Waals surface area contributed by atoms with E-state index >= 15 is 0 Å². The molecule has 0 aliphatic heterocycles. The molecule has 2 N–H and O–H groups in total. The van der Waals surface area contributed by atoms with Crippen LogP contribution in [0.3, 0.4) is 0 Å². The Bertz CT molecular complexity index is 800. The summed E-state index contributed by atoms with van der Waals surface area (Å²) in [7, 11) is -3.86. The van der Waals surface area contributed by atoms with Crippen molar-refractivity contribution in [1.82, 2.24) is 4.98 Å². The van der Waals surface area contributed by atoms with Gasteiger partial charge in [0.2, 0.25) is 5.56 Å². The lowest BCUT2D eigenvalue weighted by Gasteiger charge is -2.11. The van der Waals surface area contributed by atoms with Crippen LogP contribution in [-0.2, 0) is 10.0 Å². The normalized spacial score (nSPS) is 11.3. The average Bonchev–Trinajstić information content (AvgIpc) is 2.40. The minimum atomic E-state index is -3.86. The highest BCUT2D eigenvalue weighted by Crippen LogP contribution is 2.36. The lowest BCUT2D eigenvalue weighted by molar-refractivity contribution is 0.600. The van der Waals surface area contributed by atoms with Gasteiger partial charge in [0.1, 0.15) is 4.90 Å². The van der Waals surface area contributed by atoms with Crippen molar-refractivity contribution in [2.45, 2.75) is 4.90 Å². The van der Waals surface area contributed by atoms with Gasteiger partial charge in [0.05, 0.1) is 15.7 Å². The van der Waals surface area contributed by atoms with Crippen molar-refractivity contribution >= 4 is 54.8 Å². The van der Waals surface area contributed by atoms with E-state index in [2.05, 4.69) is 25.6 Å². The summed E-state index contributed by atoms with van der Waals surface area (Å²) in [5, 5.41) is 0.280. The molecule has 1 aromatic heterocycles. The first-order chi connectivity index (χ1) is 9.31. The molecule has 20 heavy (non-hydrogen) atoms.